The first kappa shape index (κ1) is 11.5. The van der Waals surface area contributed by atoms with Crippen LogP contribution >= 0.6 is 11.6 Å². The highest BCUT2D eigenvalue weighted by atomic mass is 35.5. The Morgan fingerprint density at radius 1 is 1.53 bits per heavy atom. The van der Waals surface area contributed by atoms with E-state index in [1.54, 1.807) is 12.1 Å². The number of ether oxygens (including phenoxy) is 1. The van der Waals surface area contributed by atoms with Gasteiger partial charge in [-0.1, -0.05) is 22.8 Å². The van der Waals surface area contributed by atoms with E-state index in [4.69, 9.17) is 21.4 Å². The highest BCUT2D eigenvalue weighted by Crippen LogP contribution is 2.26. The monoisotopic (exact) mass is 253 g/mol. The van der Waals surface area contributed by atoms with E-state index in [0.29, 0.717) is 5.56 Å². The Balaban J connectivity index is 2.21. The second-order valence-electron chi connectivity index (χ2n) is 3.24. The predicted molar refractivity (Wildman–Crippen MR) is 59.2 cm³/mol. The maximum atomic E-state index is 11.0. The first-order valence-corrected chi connectivity index (χ1v) is 5.09. The summed E-state index contributed by atoms with van der Waals surface area (Å²) in [6.07, 6.45) is 2.91. The lowest BCUT2D eigenvalue weighted by molar-refractivity contribution is 0.0692. The van der Waals surface area contributed by atoms with Gasteiger partial charge in [0, 0.05) is 5.56 Å². The fraction of sp³-hybridized carbons (Fsp3) is 0.0909. The standard InChI is InChI=1S/C11H8ClNO4/c12-8-2-1-3-9(10(8)11(14)15)16-5-7-4-13-17-6-7/h1-4,6H,5H2,(H,14,15). The molecule has 0 aliphatic rings. The summed E-state index contributed by atoms with van der Waals surface area (Å²) in [6.45, 7) is 0.171. The predicted octanol–water partition coefficient (Wildman–Crippen LogP) is 2.61. The number of aromatic nitrogens is 1. The molecule has 6 heteroatoms. The molecule has 0 saturated carbocycles. The van der Waals surface area contributed by atoms with Crippen LogP contribution in [0.4, 0.5) is 0 Å². The molecule has 0 aliphatic carbocycles. The number of benzene rings is 1. The Bertz CT molecular complexity index is 524. The molecule has 0 spiro atoms. The van der Waals surface area contributed by atoms with Crippen molar-refractivity contribution in [2.24, 2.45) is 0 Å². The normalized spacial score (nSPS) is 10.2. The van der Waals surface area contributed by atoms with Crippen LogP contribution in [-0.2, 0) is 6.61 Å². The minimum atomic E-state index is -1.13. The van der Waals surface area contributed by atoms with Crippen molar-refractivity contribution in [3.05, 3.63) is 46.8 Å². The van der Waals surface area contributed by atoms with Gasteiger partial charge in [0.15, 0.2) is 0 Å². The third-order valence-corrected chi connectivity index (χ3v) is 2.38. The van der Waals surface area contributed by atoms with Gasteiger partial charge in [0.25, 0.3) is 0 Å². The molecule has 1 aromatic heterocycles. The summed E-state index contributed by atoms with van der Waals surface area (Å²) >= 11 is 5.79. The topological polar surface area (TPSA) is 72.6 Å². The largest absolute Gasteiger partial charge is 0.488 e. The van der Waals surface area contributed by atoms with Gasteiger partial charge in [-0.25, -0.2) is 4.79 Å². The molecule has 0 bridgehead atoms. The number of aromatic carboxylic acids is 1. The number of nitrogens with zero attached hydrogens (tertiary/aromatic N) is 1. The molecule has 0 amide bonds. The second-order valence-corrected chi connectivity index (χ2v) is 3.65. The zero-order valence-electron chi connectivity index (χ0n) is 8.59. The van der Waals surface area contributed by atoms with Gasteiger partial charge in [-0.15, -0.1) is 0 Å². The number of hydrogen-bond acceptors (Lipinski definition) is 4. The lowest BCUT2D eigenvalue weighted by Gasteiger charge is -2.08. The van der Waals surface area contributed by atoms with Crippen molar-refractivity contribution >= 4 is 17.6 Å². The SMILES string of the molecule is O=C(O)c1c(Cl)cccc1OCc1cnoc1. The van der Waals surface area contributed by atoms with Gasteiger partial charge in [0.1, 0.15) is 24.2 Å². The van der Waals surface area contributed by atoms with E-state index in [1.165, 1.54) is 18.5 Å². The first-order chi connectivity index (χ1) is 8.18. The molecule has 1 heterocycles. The van der Waals surface area contributed by atoms with Crippen molar-refractivity contribution in [1.82, 2.24) is 5.16 Å². The lowest BCUT2D eigenvalue weighted by atomic mass is 10.2. The highest BCUT2D eigenvalue weighted by Gasteiger charge is 2.15. The molecule has 17 heavy (non-hydrogen) atoms. The van der Waals surface area contributed by atoms with Crippen molar-refractivity contribution in [1.29, 1.82) is 0 Å². The van der Waals surface area contributed by atoms with Gasteiger partial charge in [0.2, 0.25) is 0 Å². The van der Waals surface area contributed by atoms with Crippen LogP contribution in [0.5, 0.6) is 5.75 Å². The summed E-state index contributed by atoms with van der Waals surface area (Å²) in [5.41, 5.74) is 0.659. The maximum absolute atomic E-state index is 11.0. The van der Waals surface area contributed by atoms with Crippen LogP contribution in [0.15, 0.2) is 35.2 Å². The Morgan fingerprint density at radius 3 is 3.00 bits per heavy atom. The third-order valence-electron chi connectivity index (χ3n) is 2.07. The van der Waals surface area contributed by atoms with Crippen molar-refractivity contribution in [3.8, 4) is 5.75 Å². The van der Waals surface area contributed by atoms with Gasteiger partial charge in [-0.3, -0.25) is 0 Å². The Labute approximate surface area is 102 Å². The van der Waals surface area contributed by atoms with Crippen molar-refractivity contribution in [2.45, 2.75) is 6.61 Å². The quantitative estimate of drug-likeness (QED) is 0.907. The van der Waals surface area contributed by atoms with Crippen LogP contribution in [0.2, 0.25) is 5.02 Å². The fourth-order valence-corrected chi connectivity index (χ4v) is 1.54. The van der Waals surface area contributed by atoms with Gasteiger partial charge in [0.05, 0.1) is 11.2 Å². The molecule has 0 saturated heterocycles. The lowest BCUT2D eigenvalue weighted by Crippen LogP contribution is -2.03. The fourth-order valence-electron chi connectivity index (χ4n) is 1.29. The van der Waals surface area contributed by atoms with Crippen LogP contribution in [0.3, 0.4) is 0 Å². The third kappa shape index (κ3) is 2.57. The Kier molecular flexibility index (Phi) is 3.30. The summed E-state index contributed by atoms with van der Waals surface area (Å²) in [5.74, 6) is -0.915. The van der Waals surface area contributed by atoms with E-state index < -0.39 is 5.97 Å². The van der Waals surface area contributed by atoms with Crippen molar-refractivity contribution in [2.75, 3.05) is 0 Å². The summed E-state index contributed by atoms with van der Waals surface area (Å²) in [5, 5.41) is 12.7. The molecule has 0 atom stereocenters. The van der Waals surface area contributed by atoms with Crippen molar-refractivity contribution < 1.29 is 19.2 Å². The van der Waals surface area contributed by atoms with Crippen molar-refractivity contribution in [3.63, 3.8) is 0 Å². The molecular formula is C11H8ClNO4. The second kappa shape index (κ2) is 4.88. The van der Waals surface area contributed by atoms with Crippen LogP contribution in [-0.4, -0.2) is 16.2 Å². The molecule has 2 rings (SSSR count). The number of carboxylic acids is 1. The molecule has 0 unspecified atom stereocenters. The molecule has 0 fully saturated rings. The maximum Gasteiger partial charge on any atom is 0.341 e. The number of halogens is 1. The Morgan fingerprint density at radius 2 is 2.35 bits per heavy atom. The van der Waals surface area contributed by atoms with Crippen LogP contribution in [0.1, 0.15) is 15.9 Å². The zero-order valence-corrected chi connectivity index (χ0v) is 9.35. The summed E-state index contributed by atoms with van der Waals surface area (Å²) in [7, 11) is 0. The first-order valence-electron chi connectivity index (χ1n) is 4.71. The van der Waals surface area contributed by atoms with E-state index in [9.17, 15) is 4.79 Å². The molecule has 0 radical (unpaired) electrons. The van der Waals surface area contributed by atoms with Gasteiger partial charge >= 0.3 is 5.97 Å². The van der Waals surface area contributed by atoms with Gasteiger partial charge in [-0.05, 0) is 12.1 Å². The average molecular weight is 254 g/mol. The smallest absolute Gasteiger partial charge is 0.341 e. The molecular weight excluding hydrogens is 246 g/mol. The van der Waals surface area contributed by atoms with Crippen LogP contribution in [0, 0.1) is 0 Å². The Hall–Kier alpha value is -2.01. The zero-order chi connectivity index (χ0) is 12.3. The van der Waals surface area contributed by atoms with Crippen LogP contribution in [0.25, 0.3) is 0 Å². The van der Waals surface area contributed by atoms with E-state index in [-0.39, 0.29) is 22.9 Å². The van der Waals surface area contributed by atoms with E-state index in [2.05, 4.69) is 9.68 Å². The summed E-state index contributed by atoms with van der Waals surface area (Å²) < 4.78 is 9.99. The number of carbonyl (C=O) groups is 1. The van der Waals surface area contributed by atoms with E-state index in [1.807, 2.05) is 0 Å². The molecule has 2 aromatic rings. The van der Waals surface area contributed by atoms with Gasteiger partial charge in [-0.2, -0.15) is 0 Å². The summed E-state index contributed by atoms with van der Waals surface area (Å²) in [4.78, 5) is 11.0. The average Bonchev–Trinajstić information content (AvgIpc) is 2.78. The number of hydrogen-bond donors (Lipinski definition) is 1. The highest BCUT2D eigenvalue weighted by molar-refractivity contribution is 6.33. The molecule has 0 aliphatic heterocycles. The number of rotatable bonds is 4. The molecule has 5 nitrogen and oxygen atoms in total. The van der Waals surface area contributed by atoms with Crippen LogP contribution < -0.4 is 4.74 Å². The molecule has 88 valence electrons. The summed E-state index contributed by atoms with van der Waals surface area (Å²) in [6, 6.07) is 4.66. The van der Waals surface area contributed by atoms with E-state index in [0.717, 1.165) is 0 Å². The molecule has 1 N–H and O–H groups in total. The molecule has 1 aromatic carbocycles. The van der Waals surface area contributed by atoms with Gasteiger partial charge < -0.3 is 14.4 Å². The van der Waals surface area contributed by atoms with E-state index >= 15 is 0 Å². The number of carboxylic acid groups (broad SMARTS) is 1. The minimum absolute atomic E-state index is 0.0504. The minimum Gasteiger partial charge on any atom is -0.488 e.